The molecule has 0 saturated heterocycles. The summed E-state index contributed by atoms with van der Waals surface area (Å²) in [6.45, 7) is 0.406. The van der Waals surface area contributed by atoms with E-state index in [-0.39, 0.29) is 5.91 Å². The maximum Gasteiger partial charge on any atom is 0.261 e. The Hall–Kier alpha value is -3.27. The van der Waals surface area contributed by atoms with Gasteiger partial charge >= 0.3 is 0 Å². The molecule has 3 rings (SSSR count). The Morgan fingerprint density at radius 1 is 0.846 bits per heavy atom. The molecular formula is C22H21NO3. The molecule has 0 saturated carbocycles. The highest BCUT2D eigenvalue weighted by Gasteiger charge is 2.20. The van der Waals surface area contributed by atoms with E-state index in [1.54, 1.807) is 25.1 Å². The van der Waals surface area contributed by atoms with Crippen LogP contribution < -0.4 is 14.4 Å². The topological polar surface area (TPSA) is 38.8 Å². The Bertz CT molecular complexity index is 877. The molecule has 3 aromatic rings. The van der Waals surface area contributed by atoms with E-state index in [1.165, 1.54) is 0 Å². The fraction of sp³-hybridized carbons (Fsp3) is 0.136. The van der Waals surface area contributed by atoms with Gasteiger partial charge < -0.3 is 14.4 Å². The standard InChI is InChI=1S/C22H21NO3/c1-23(19-13-7-9-15-21(19)25-2)22(24)18-12-6-8-14-20(18)26-16-17-10-4-3-5-11-17/h3-15H,16H2,1-2H3. The van der Waals surface area contributed by atoms with Gasteiger partial charge in [-0.15, -0.1) is 0 Å². The smallest absolute Gasteiger partial charge is 0.261 e. The Labute approximate surface area is 153 Å². The number of rotatable bonds is 6. The first kappa shape index (κ1) is 17.5. The minimum atomic E-state index is -0.154. The van der Waals surface area contributed by atoms with E-state index >= 15 is 0 Å². The molecule has 3 aromatic carbocycles. The number of carbonyl (C=O) groups is 1. The molecule has 0 heterocycles. The van der Waals surface area contributed by atoms with Crippen molar-refractivity contribution < 1.29 is 14.3 Å². The van der Waals surface area contributed by atoms with Crippen LogP contribution in [0, 0.1) is 0 Å². The maximum atomic E-state index is 13.0. The van der Waals surface area contributed by atoms with Gasteiger partial charge in [-0.05, 0) is 29.8 Å². The van der Waals surface area contributed by atoms with Crippen molar-refractivity contribution in [3.8, 4) is 11.5 Å². The summed E-state index contributed by atoms with van der Waals surface area (Å²) in [6, 6.07) is 24.6. The van der Waals surface area contributed by atoms with Crippen molar-refractivity contribution in [1.29, 1.82) is 0 Å². The summed E-state index contributed by atoms with van der Waals surface area (Å²) in [6.07, 6.45) is 0. The van der Waals surface area contributed by atoms with E-state index in [0.29, 0.717) is 29.4 Å². The molecule has 0 aliphatic carbocycles. The average Bonchev–Trinajstić information content (AvgIpc) is 2.72. The number of ether oxygens (including phenoxy) is 2. The molecule has 26 heavy (non-hydrogen) atoms. The fourth-order valence-corrected chi connectivity index (χ4v) is 2.70. The quantitative estimate of drug-likeness (QED) is 0.656. The van der Waals surface area contributed by atoms with Gasteiger partial charge in [-0.3, -0.25) is 4.79 Å². The lowest BCUT2D eigenvalue weighted by Gasteiger charge is -2.21. The summed E-state index contributed by atoms with van der Waals surface area (Å²) >= 11 is 0. The van der Waals surface area contributed by atoms with Crippen molar-refractivity contribution in [2.24, 2.45) is 0 Å². The second kappa shape index (κ2) is 8.21. The van der Waals surface area contributed by atoms with Gasteiger partial charge in [0.25, 0.3) is 5.91 Å². The van der Waals surface area contributed by atoms with Crippen molar-refractivity contribution in [2.45, 2.75) is 6.61 Å². The summed E-state index contributed by atoms with van der Waals surface area (Å²) in [7, 11) is 3.32. The van der Waals surface area contributed by atoms with E-state index in [1.807, 2.05) is 72.8 Å². The zero-order valence-electron chi connectivity index (χ0n) is 14.9. The van der Waals surface area contributed by atoms with Crippen molar-refractivity contribution in [3.05, 3.63) is 90.0 Å². The first-order valence-corrected chi connectivity index (χ1v) is 8.37. The van der Waals surface area contributed by atoms with Gasteiger partial charge in [0.05, 0.1) is 18.4 Å². The van der Waals surface area contributed by atoms with Crippen molar-refractivity contribution in [1.82, 2.24) is 0 Å². The third kappa shape index (κ3) is 3.86. The maximum absolute atomic E-state index is 13.0. The van der Waals surface area contributed by atoms with Gasteiger partial charge in [-0.25, -0.2) is 0 Å². The van der Waals surface area contributed by atoms with Crippen LogP contribution in [0.5, 0.6) is 11.5 Å². The molecule has 0 atom stereocenters. The zero-order valence-corrected chi connectivity index (χ0v) is 14.9. The molecule has 132 valence electrons. The lowest BCUT2D eigenvalue weighted by Crippen LogP contribution is -2.27. The lowest BCUT2D eigenvalue weighted by molar-refractivity contribution is 0.0988. The lowest BCUT2D eigenvalue weighted by atomic mass is 10.1. The van der Waals surface area contributed by atoms with Gasteiger partial charge in [-0.2, -0.15) is 0 Å². The summed E-state index contributed by atoms with van der Waals surface area (Å²) in [5.74, 6) is 1.05. The monoisotopic (exact) mass is 347 g/mol. The molecule has 0 aromatic heterocycles. The molecule has 0 aliphatic heterocycles. The molecule has 4 nitrogen and oxygen atoms in total. The minimum absolute atomic E-state index is 0.154. The second-order valence-corrected chi connectivity index (χ2v) is 5.81. The van der Waals surface area contributed by atoms with Crippen LogP contribution in [0.15, 0.2) is 78.9 Å². The molecule has 0 N–H and O–H groups in total. The van der Waals surface area contributed by atoms with Crippen LogP contribution in [0.2, 0.25) is 0 Å². The Kier molecular flexibility index (Phi) is 5.54. The fourth-order valence-electron chi connectivity index (χ4n) is 2.70. The summed E-state index contributed by atoms with van der Waals surface area (Å²) in [4.78, 5) is 14.6. The number of hydrogen-bond donors (Lipinski definition) is 0. The molecule has 0 radical (unpaired) electrons. The molecule has 0 spiro atoms. The molecule has 0 fully saturated rings. The first-order chi connectivity index (χ1) is 12.7. The van der Waals surface area contributed by atoms with Crippen molar-refractivity contribution in [3.63, 3.8) is 0 Å². The van der Waals surface area contributed by atoms with E-state index in [4.69, 9.17) is 9.47 Å². The molecule has 1 amide bonds. The van der Waals surface area contributed by atoms with Gasteiger partial charge in [0, 0.05) is 7.05 Å². The van der Waals surface area contributed by atoms with E-state index in [2.05, 4.69) is 0 Å². The Morgan fingerprint density at radius 2 is 1.46 bits per heavy atom. The molecule has 0 aliphatic rings. The number of amides is 1. The normalized spacial score (nSPS) is 10.2. The number of methoxy groups -OCH3 is 1. The van der Waals surface area contributed by atoms with Crippen molar-refractivity contribution in [2.75, 3.05) is 19.1 Å². The molecule has 4 heteroatoms. The Balaban J connectivity index is 1.83. The van der Waals surface area contributed by atoms with Gasteiger partial charge in [0.2, 0.25) is 0 Å². The molecular weight excluding hydrogens is 326 g/mol. The molecule has 0 unspecified atom stereocenters. The average molecular weight is 347 g/mol. The van der Waals surface area contributed by atoms with Crippen LogP contribution >= 0.6 is 0 Å². The predicted octanol–water partition coefficient (Wildman–Crippen LogP) is 4.55. The summed E-state index contributed by atoms with van der Waals surface area (Å²) in [5.41, 5.74) is 2.27. The third-order valence-electron chi connectivity index (χ3n) is 4.11. The van der Waals surface area contributed by atoms with Gasteiger partial charge in [0.15, 0.2) is 0 Å². The summed E-state index contributed by atoms with van der Waals surface area (Å²) in [5, 5.41) is 0. The third-order valence-corrected chi connectivity index (χ3v) is 4.11. The second-order valence-electron chi connectivity index (χ2n) is 5.81. The van der Waals surface area contributed by atoms with E-state index < -0.39 is 0 Å². The number of benzene rings is 3. The van der Waals surface area contributed by atoms with Crippen LogP contribution in [0.25, 0.3) is 0 Å². The van der Waals surface area contributed by atoms with E-state index in [9.17, 15) is 4.79 Å². The first-order valence-electron chi connectivity index (χ1n) is 8.37. The van der Waals surface area contributed by atoms with Crippen LogP contribution in [-0.2, 0) is 6.61 Å². The number of carbonyl (C=O) groups excluding carboxylic acids is 1. The van der Waals surface area contributed by atoms with Gasteiger partial charge in [-0.1, -0.05) is 54.6 Å². The minimum Gasteiger partial charge on any atom is -0.495 e. The molecule has 0 bridgehead atoms. The number of para-hydroxylation sites is 3. The highest BCUT2D eigenvalue weighted by molar-refractivity contribution is 6.08. The summed E-state index contributed by atoms with van der Waals surface area (Å²) < 4.78 is 11.3. The van der Waals surface area contributed by atoms with Crippen LogP contribution in [0.3, 0.4) is 0 Å². The van der Waals surface area contributed by atoms with Crippen LogP contribution in [0.4, 0.5) is 5.69 Å². The van der Waals surface area contributed by atoms with Crippen molar-refractivity contribution >= 4 is 11.6 Å². The predicted molar refractivity (Wildman–Crippen MR) is 103 cm³/mol. The largest absolute Gasteiger partial charge is 0.495 e. The van der Waals surface area contributed by atoms with Crippen LogP contribution in [0.1, 0.15) is 15.9 Å². The highest BCUT2D eigenvalue weighted by atomic mass is 16.5. The number of anilines is 1. The SMILES string of the molecule is COc1ccccc1N(C)C(=O)c1ccccc1OCc1ccccc1. The zero-order chi connectivity index (χ0) is 18.4. The van der Waals surface area contributed by atoms with Crippen LogP contribution in [-0.4, -0.2) is 20.1 Å². The number of nitrogens with zero attached hydrogens (tertiary/aromatic N) is 1. The highest BCUT2D eigenvalue weighted by Crippen LogP contribution is 2.29. The van der Waals surface area contributed by atoms with E-state index in [0.717, 1.165) is 5.56 Å². The Morgan fingerprint density at radius 3 is 2.19 bits per heavy atom. The van der Waals surface area contributed by atoms with Gasteiger partial charge in [0.1, 0.15) is 18.1 Å². The number of hydrogen-bond acceptors (Lipinski definition) is 3.